The maximum atomic E-state index is 12.7. The number of hydrogen-bond acceptors (Lipinski definition) is 3. The molecule has 0 aliphatic heterocycles. The molecule has 0 bridgehead atoms. The molecule has 0 fully saturated rings. The van der Waals surface area contributed by atoms with Crippen molar-refractivity contribution in [1.82, 2.24) is 14.8 Å². The molecule has 148 valence electrons. The van der Waals surface area contributed by atoms with E-state index >= 15 is 0 Å². The van der Waals surface area contributed by atoms with Gasteiger partial charge in [0, 0.05) is 16.8 Å². The van der Waals surface area contributed by atoms with Gasteiger partial charge in [0.15, 0.2) is 0 Å². The highest BCUT2D eigenvalue weighted by atomic mass is 35.5. The van der Waals surface area contributed by atoms with E-state index < -0.39 is 11.7 Å². The Morgan fingerprint density at radius 3 is 2.41 bits per heavy atom. The second-order valence-corrected chi connectivity index (χ2v) is 6.97. The third-order valence-corrected chi connectivity index (χ3v) is 4.78. The molecule has 0 amide bonds. The highest BCUT2D eigenvalue weighted by Gasteiger charge is 2.30. The molecular weight excluding hydrogens is 424 g/mol. The minimum absolute atomic E-state index is 0.0785. The third-order valence-electron chi connectivity index (χ3n) is 4.13. The molecule has 0 radical (unpaired) electrons. The lowest BCUT2D eigenvalue weighted by atomic mass is 10.1. The third kappa shape index (κ3) is 4.78. The number of aryl methyl sites for hydroxylation is 1. The number of hydrogen-bond donors (Lipinski definition) is 0. The monoisotopic (exact) mass is 436 g/mol. The molecule has 29 heavy (non-hydrogen) atoms. The summed E-state index contributed by atoms with van der Waals surface area (Å²) in [6, 6.07) is 11.2. The van der Waals surface area contributed by atoms with E-state index in [0.29, 0.717) is 34.2 Å². The highest BCUT2D eigenvalue weighted by molar-refractivity contribution is 6.31. The minimum Gasteiger partial charge on any atom is -0.255 e. The zero-order valence-corrected chi connectivity index (χ0v) is 16.5. The van der Waals surface area contributed by atoms with Gasteiger partial charge < -0.3 is 0 Å². The van der Waals surface area contributed by atoms with E-state index in [1.54, 1.807) is 23.7 Å². The lowest BCUT2D eigenvalue weighted by Crippen LogP contribution is -2.05. The number of nitrogens with zero attached hydrogens (tertiary/aromatic N) is 4. The van der Waals surface area contributed by atoms with Crippen LogP contribution in [0.3, 0.4) is 0 Å². The molecule has 3 aromatic rings. The van der Waals surface area contributed by atoms with Gasteiger partial charge in [0.1, 0.15) is 11.2 Å². The number of nitriles is 1. The fourth-order valence-electron chi connectivity index (χ4n) is 2.63. The summed E-state index contributed by atoms with van der Waals surface area (Å²) in [5, 5.41) is 14.8. The molecule has 0 unspecified atom stereocenters. The Bertz CT molecular complexity index is 1090. The van der Waals surface area contributed by atoms with Crippen LogP contribution in [-0.4, -0.2) is 14.8 Å². The SMILES string of the molecule is Cc1nn(Cc2ccc(Cl)cc2)c(Cl)c1/C=C(\C#N)c1ccc(C(F)(F)F)cn1. The fraction of sp³-hybridized carbons (Fsp3) is 0.150. The van der Waals surface area contributed by atoms with Crippen molar-refractivity contribution < 1.29 is 13.2 Å². The van der Waals surface area contributed by atoms with E-state index in [1.807, 2.05) is 18.2 Å². The molecule has 0 spiro atoms. The predicted octanol–water partition coefficient (Wildman–Crippen LogP) is 6.02. The molecule has 0 aliphatic carbocycles. The molecule has 0 saturated heterocycles. The number of pyridine rings is 1. The molecule has 0 N–H and O–H groups in total. The Balaban J connectivity index is 1.93. The summed E-state index contributed by atoms with van der Waals surface area (Å²) in [4.78, 5) is 3.76. The Morgan fingerprint density at radius 2 is 1.86 bits per heavy atom. The number of alkyl halides is 3. The maximum Gasteiger partial charge on any atom is 0.417 e. The van der Waals surface area contributed by atoms with Crippen molar-refractivity contribution in [2.24, 2.45) is 0 Å². The standard InChI is InChI=1S/C20H13Cl2F3N4/c1-12-17(19(22)29(28-12)11-13-2-5-16(21)6-3-13)8-14(9-26)18-7-4-15(10-27-18)20(23,24)25/h2-8,10H,11H2,1H3/b14-8+. The topological polar surface area (TPSA) is 54.5 Å². The Hall–Kier alpha value is -2.82. The van der Waals surface area contributed by atoms with E-state index in [0.717, 1.165) is 17.7 Å². The first-order valence-corrected chi connectivity index (χ1v) is 9.07. The summed E-state index contributed by atoms with van der Waals surface area (Å²) in [5.41, 5.74) is 1.31. The van der Waals surface area contributed by atoms with Crippen LogP contribution in [-0.2, 0) is 12.7 Å². The van der Waals surface area contributed by atoms with Crippen molar-refractivity contribution in [3.8, 4) is 6.07 Å². The first kappa shape index (κ1) is 20.9. The van der Waals surface area contributed by atoms with E-state index in [-0.39, 0.29) is 11.3 Å². The molecule has 1 aromatic carbocycles. The quantitative estimate of drug-likeness (QED) is 0.469. The van der Waals surface area contributed by atoms with Crippen LogP contribution in [0.25, 0.3) is 11.6 Å². The second-order valence-electron chi connectivity index (χ2n) is 6.17. The Kier molecular flexibility index (Phi) is 5.96. The van der Waals surface area contributed by atoms with Crippen LogP contribution in [0.1, 0.15) is 28.1 Å². The summed E-state index contributed by atoms with van der Waals surface area (Å²) < 4.78 is 39.7. The van der Waals surface area contributed by atoms with E-state index in [9.17, 15) is 18.4 Å². The van der Waals surface area contributed by atoms with Gasteiger partial charge in [0.25, 0.3) is 0 Å². The maximum absolute atomic E-state index is 12.7. The number of halogens is 5. The average molecular weight is 437 g/mol. The van der Waals surface area contributed by atoms with Crippen LogP contribution in [0.2, 0.25) is 10.2 Å². The lowest BCUT2D eigenvalue weighted by molar-refractivity contribution is -0.137. The normalized spacial score (nSPS) is 12.1. The van der Waals surface area contributed by atoms with Gasteiger partial charge in [-0.1, -0.05) is 35.3 Å². The largest absolute Gasteiger partial charge is 0.417 e. The summed E-state index contributed by atoms with van der Waals surface area (Å²) in [7, 11) is 0. The van der Waals surface area contributed by atoms with Gasteiger partial charge in [-0.05, 0) is 42.8 Å². The molecule has 0 saturated carbocycles. The molecule has 0 atom stereocenters. The van der Waals surface area contributed by atoms with Crippen LogP contribution in [0.4, 0.5) is 13.2 Å². The summed E-state index contributed by atoms with van der Waals surface area (Å²) >= 11 is 12.3. The molecule has 9 heteroatoms. The van der Waals surface area contributed by atoms with Crippen LogP contribution >= 0.6 is 23.2 Å². The van der Waals surface area contributed by atoms with Crippen molar-refractivity contribution in [3.05, 3.63) is 80.8 Å². The second kappa shape index (κ2) is 8.27. The van der Waals surface area contributed by atoms with Gasteiger partial charge >= 0.3 is 6.18 Å². The first-order chi connectivity index (χ1) is 13.7. The van der Waals surface area contributed by atoms with Crippen LogP contribution < -0.4 is 0 Å². The van der Waals surface area contributed by atoms with Crippen molar-refractivity contribution >= 4 is 34.9 Å². The van der Waals surface area contributed by atoms with Crippen molar-refractivity contribution in [2.75, 3.05) is 0 Å². The molecule has 2 aromatic heterocycles. The molecule has 3 rings (SSSR count). The summed E-state index contributed by atoms with van der Waals surface area (Å²) in [5.74, 6) is 0. The summed E-state index contributed by atoms with van der Waals surface area (Å²) in [6.45, 7) is 2.12. The van der Waals surface area contributed by atoms with Crippen LogP contribution in [0.5, 0.6) is 0 Å². The fourth-order valence-corrected chi connectivity index (χ4v) is 3.04. The van der Waals surface area contributed by atoms with E-state index in [2.05, 4.69) is 10.1 Å². The van der Waals surface area contributed by atoms with Gasteiger partial charge in [-0.2, -0.15) is 23.5 Å². The highest BCUT2D eigenvalue weighted by Crippen LogP contribution is 2.30. The average Bonchev–Trinajstić information content (AvgIpc) is 2.94. The molecular formula is C20H13Cl2F3N4. The van der Waals surface area contributed by atoms with Gasteiger partial charge in [-0.25, -0.2) is 4.68 Å². The van der Waals surface area contributed by atoms with Crippen molar-refractivity contribution in [3.63, 3.8) is 0 Å². The predicted molar refractivity (Wildman–Crippen MR) is 105 cm³/mol. The Labute approximate surface area is 174 Å². The number of rotatable bonds is 4. The number of benzene rings is 1. The van der Waals surface area contributed by atoms with Gasteiger partial charge in [0.05, 0.1) is 29.1 Å². The van der Waals surface area contributed by atoms with Gasteiger partial charge in [-0.3, -0.25) is 4.98 Å². The Morgan fingerprint density at radius 1 is 1.17 bits per heavy atom. The smallest absolute Gasteiger partial charge is 0.255 e. The van der Waals surface area contributed by atoms with Crippen LogP contribution in [0, 0.1) is 18.3 Å². The first-order valence-electron chi connectivity index (χ1n) is 8.32. The van der Waals surface area contributed by atoms with E-state index in [4.69, 9.17) is 23.2 Å². The van der Waals surface area contributed by atoms with Gasteiger partial charge in [-0.15, -0.1) is 0 Å². The van der Waals surface area contributed by atoms with Gasteiger partial charge in [0.2, 0.25) is 0 Å². The lowest BCUT2D eigenvalue weighted by Gasteiger charge is -2.06. The van der Waals surface area contributed by atoms with E-state index in [1.165, 1.54) is 6.08 Å². The zero-order valence-electron chi connectivity index (χ0n) is 15.0. The van der Waals surface area contributed by atoms with Crippen molar-refractivity contribution in [2.45, 2.75) is 19.6 Å². The number of aromatic nitrogens is 3. The zero-order chi connectivity index (χ0) is 21.2. The molecule has 0 aliphatic rings. The number of allylic oxidation sites excluding steroid dienone is 1. The van der Waals surface area contributed by atoms with Crippen LogP contribution in [0.15, 0.2) is 42.6 Å². The summed E-state index contributed by atoms with van der Waals surface area (Å²) in [6.07, 6.45) is -2.33. The van der Waals surface area contributed by atoms with Crippen molar-refractivity contribution in [1.29, 1.82) is 5.26 Å². The minimum atomic E-state index is -4.50. The molecule has 2 heterocycles. The molecule has 4 nitrogen and oxygen atoms in total.